The fraction of sp³-hybridized carbons (Fsp3) is 0.133. The Bertz CT molecular complexity index is 591. The number of nitrogens with zero attached hydrogens (tertiary/aromatic N) is 1. The van der Waals surface area contributed by atoms with Crippen LogP contribution in [0, 0.1) is 11.6 Å². The molecule has 2 aromatic carbocycles. The minimum Gasteiger partial charge on any atom is -0.367 e. The van der Waals surface area contributed by atoms with Crippen LogP contribution in [0.2, 0.25) is 0 Å². The third-order valence-corrected chi connectivity index (χ3v) is 3.25. The van der Waals surface area contributed by atoms with E-state index in [9.17, 15) is 8.78 Å². The molecule has 2 nitrogen and oxygen atoms in total. The molecule has 4 heteroatoms. The zero-order chi connectivity index (χ0) is 13.2. The first-order valence-electron chi connectivity index (χ1n) is 6.03. The highest BCUT2D eigenvalue weighted by molar-refractivity contribution is 5.60. The van der Waals surface area contributed by atoms with Crippen molar-refractivity contribution in [2.75, 3.05) is 0 Å². The van der Waals surface area contributed by atoms with Crippen LogP contribution >= 0.6 is 0 Å². The normalized spacial score (nSPS) is 21.4. The van der Waals surface area contributed by atoms with E-state index in [1.807, 2.05) is 0 Å². The van der Waals surface area contributed by atoms with E-state index >= 15 is 0 Å². The molecule has 0 bridgehead atoms. The van der Waals surface area contributed by atoms with Gasteiger partial charge in [0.25, 0.3) is 0 Å². The van der Waals surface area contributed by atoms with Crippen molar-refractivity contribution < 1.29 is 8.78 Å². The number of halogens is 2. The summed E-state index contributed by atoms with van der Waals surface area (Å²) in [4.78, 5) is 4.36. The van der Waals surface area contributed by atoms with Gasteiger partial charge in [0.2, 0.25) is 0 Å². The SMILES string of the molecule is Fc1ccc([C@H]2N=CN[C@H]2c2ccc(F)cc2)cc1. The fourth-order valence-electron chi connectivity index (χ4n) is 2.27. The molecule has 2 atom stereocenters. The van der Waals surface area contributed by atoms with E-state index in [4.69, 9.17) is 0 Å². The number of hydrogen-bond donors (Lipinski definition) is 1. The van der Waals surface area contributed by atoms with Crippen LogP contribution in [0.3, 0.4) is 0 Å². The summed E-state index contributed by atoms with van der Waals surface area (Å²) in [6.07, 6.45) is 1.64. The molecule has 0 saturated carbocycles. The highest BCUT2D eigenvalue weighted by Gasteiger charge is 2.26. The lowest BCUT2D eigenvalue weighted by Gasteiger charge is -2.19. The minimum absolute atomic E-state index is 0.0499. The van der Waals surface area contributed by atoms with Gasteiger partial charge in [0.05, 0.1) is 12.4 Å². The Morgan fingerprint density at radius 3 is 1.89 bits per heavy atom. The molecule has 1 aliphatic rings. The average Bonchev–Trinajstić information content (AvgIpc) is 2.90. The van der Waals surface area contributed by atoms with Crippen LogP contribution in [0.1, 0.15) is 23.2 Å². The van der Waals surface area contributed by atoms with Crippen LogP contribution in [0.15, 0.2) is 53.5 Å². The second-order valence-electron chi connectivity index (χ2n) is 4.47. The molecule has 0 saturated heterocycles. The Labute approximate surface area is 109 Å². The molecule has 0 aliphatic carbocycles. The molecule has 0 fully saturated rings. The van der Waals surface area contributed by atoms with Crippen molar-refractivity contribution in [2.24, 2.45) is 4.99 Å². The number of hydrogen-bond acceptors (Lipinski definition) is 2. The Morgan fingerprint density at radius 2 is 1.32 bits per heavy atom. The van der Waals surface area contributed by atoms with E-state index in [-0.39, 0.29) is 23.7 Å². The molecule has 0 radical (unpaired) electrons. The van der Waals surface area contributed by atoms with Crippen molar-refractivity contribution in [3.8, 4) is 0 Å². The quantitative estimate of drug-likeness (QED) is 0.877. The molecule has 1 aliphatic heterocycles. The lowest BCUT2D eigenvalue weighted by molar-refractivity contribution is 0.566. The molecule has 0 amide bonds. The number of aliphatic imine (C=N–C) groups is 1. The number of rotatable bonds is 2. The monoisotopic (exact) mass is 258 g/mol. The van der Waals surface area contributed by atoms with Crippen LogP contribution in [0.25, 0.3) is 0 Å². The van der Waals surface area contributed by atoms with E-state index in [1.54, 1.807) is 30.6 Å². The molecule has 0 aromatic heterocycles. The topological polar surface area (TPSA) is 24.4 Å². The van der Waals surface area contributed by atoms with E-state index < -0.39 is 0 Å². The molecular weight excluding hydrogens is 246 g/mol. The smallest absolute Gasteiger partial charge is 0.123 e. The predicted molar refractivity (Wildman–Crippen MR) is 69.9 cm³/mol. The first-order chi connectivity index (χ1) is 9.24. The molecule has 1 heterocycles. The maximum absolute atomic E-state index is 12.9. The van der Waals surface area contributed by atoms with Crippen molar-refractivity contribution in [3.05, 3.63) is 71.3 Å². The molecular formula is C15H12F2N2. The Morgan fingerprint density at radius 1 is 0.789 bits per heavy atom. The molecule has 0 unspecified atom stereocenters. The molecule has 2 aromatic rings. The maximum atomic E-state index is 12.9. The van der Waals surface area contributed by atoms with Crippen molar-refractivity contribution in [2.45, 2.75) is 12.1 Å². The van der Waals surface area contributed by atoms with Crippen LogP contribution < -0.4 is 5.32 Å². The Balaban J connectivity index is 1.90. The van der Waals surface area contributed by atoms with Gasteiger partial charge in [0.15, 0.2) is 0 Å². The van der Waals surface area contributed by atoms with Crippen molar-refractivity contribution >= 4 is 6.34 Å². The van der Waals surface area contributed by atoms with Crippen LogP contribution in [0.5, 0.6) is 0 Å². The van der Waals surface area contributed by atoms with Gasteiger partial charge in [-0.05, 0) is 35.4 Å². The van der Waals surface area contributed by atoms with E-state index in [2.05, 4.69) is 10.3 Å². The number of nitrogens with one attached hydrogen (secondary N) is 1. The van der Waals surface area contributed by atoms with Gasteiger partial charge in [-0.2, -0.15) is 0 Å². The van der Waals surface area contributed by atoms with Crippen LogP contribution in [-0.4, -0.2) is 6.34 Å². The van der Waals surface area contributed by atoms with Crippen molar-refractivity contribution in [1.82, 2.24) is 5.32 Å². The summed E-state index contributed by atoms with van der Waals surface area (Å²) >= 11 is 0. The maximum Gasteiger partial charge on any atom is 0.123 e. The first kappa shape index (κ1) is 11.8. The average molecular weight is 258 g/mol. The fourth-order valence-corrected chi connectivity index (χ4v) is 2.27. The molecule has 19 heavy (non-hydrogen) atoms. The standard InChI is InChI=1S/C15H12F2N2/c16-12-5-1-10(2-6-12)14-15(19-9-18-14)11-3-7-13(17)8-4-11/h1-9,14-15H,(H,18,19)/t14-,15+. The van der Waals surface area contributed by atoms with Gasteiger partial charge in [-0.1, -0.05) is 24.3 Å². The summed E-state index contributed by atoms with van der Waals surface area (Å²) in [6.45, 7) is 0. The molecule has 3 rings (SSSR count). The molecule has 1 N–H and O–H groups in total. The highest BCUT2D eigenvalue weighted by Crippen LogP contribution is 2.34. The van der Waals surface area contributed by atoms with Gasteiger partial charge in [-0.3, -0.25) is 4.99 Å². The third-order valence-electron chi connectivity index (χ3n) is 3.25. The van der Waals surface area contributed by atoms with Gasteiger partial charge >= 0.3 is 0 Å². The Hall–Kier alpha value is -2.23. The van der Waals surface area contributed by atoms with Crippen molar-refractivity contribution in [1.29, 1.82) is 0 Å². The number of benzene rings is 2. The van der Waals surface area contributed by atoms with Crippen LogP contribution in [-0.2, 0) is 0 Å². The van der Waals surface area contributed by atoms with E-state index in [0.29, 0.717) is 0 Å². The van der Waals surface area contributed by atoms with Crippen molar-refractivity contribution in [3.63, 3.8) is 0 Å². The minimum atomic E-state index is -0.267. The molecule has 0 spiro atoms. The summed E-state index contributed by atoms with van der Waals surface area (Å²) in [5.74, 6) is -0.530. The van der Waals surface area contributed by atoms with Gasteiger partial charge in [-0.25, -0.2) is 8.78 Å². The molecule has 96 valence electrons. The highest BCUT2D eigenvalue weighted by atomic mass is 19.1. The summed E-state index contributed by atoms with van der Waals surface area (Å²) in [5, 5.41) is 3.15. The van der Waals surface area contributed by atoms with Gasteiger partial charge in [0, 0.05) is 0 Å². The lowest BCUT2D eigenvalue weighted by atomic mass is 9.95. The Kier molecular flexibility index (Phi) is 2.99. The third kappa shape index (κ3) is 2.34. The summed E-state index contributed by atoms with van der Waals surface area (Å²) in [6, 6.07) is 12.4. The van der Waals surface area contributed by atoms with Gasteiger partial charge in [0.1, 0.15) is 17.7 Å². The van der Waals surface area contributed by atoms with E-state index in [0.717, 1.165) is 11.1 Å². The summed E-state index contributed by atoms with van der Waals surface area (Å²) in [7, 11) is 0. The van der Waals surface area contributed by atoms with Gasteiger partial charge < -0.3 is 5.32 Å². The summed E-state index contributed by atoms with van der Waals surface area (Å²) in [5.41, 5.74) is 1.88. The first-order valence-corrected chi connectivity index (χ1v) is 6.03. The predicted octanol–water partition coefficient (Wildman–Crippen LogP) is 3.38. The zero-order valence-corrected chi connectivity index (χ0v) is 10.1. The van der Waals surface area contributed by atoms with E-state index in [1.165, 1.54) is 24.3 Å². The zero-order valence-electron chi connectivity index (χ0n) is 10.1. The second kappa shape index (κ2) is 4.80. The van der Waals surface area contributed by atoms with Crippen LogP contribution in [0.4, 0.5) is 8.78 Å². The summed E-state index contributed by atoms with van der Waals surface area (Å²) < 4.78 is 25.9. The second-order valence-corrected chi connectivity index (χ2v) is 4.47. The largest absolute Gasteiger partial charge is 0.367 e. The lowest BCUT2D eigenvalue weighted by Crippen LogP contribution is -2.18. The van der Waals surface area contributed by atoms with Gasteiger partial charge in [-0.15, -0.1) is 0 Å².